The lowest BCUT2D eigenvalue weighted by molar-refractivity contribution is -0.116. The number of para-hydroxylation sites is 1. The molecule has 0 spiro atoms. The number of nitrogens with one attached hydrogen (secondary N) is 1. The lowest BCUT2D eigenvalue weighted by atomic mass is 10.1. The van der Waals surface area contributed by atoms with Gasteiger partial charge in [0, 0.05) is 12.1 Å². The maximum absolute atomic E-state index is 11.7. The van der Waals surface area contributed by atoms with Gasteiger partial charge in [-0.2, -0.15) is 5.26 Å². The highest BCUT2D eigenvalue weighted by molar-refractivity contribution is 6.02. The summed E-state index contributed by atoms with van der Waals surface area (Å²) in [4.78, 5) is 11.7. The molecule has 0 radical (unpaired) electrons. The van der Waals surface area contributed by atoms with Crippen molar-refractivity contribution < 1.29 is 14.3 Å². The first-order chi connectivity index (χ1) is 9.17. The first kappa shape index (κ1) is 14.6. The van der Waals surface area contributed by atoms with Crippen LogP contribution in [0.4, 0.5) is 0 Å². The van der Waals surface area contributed by atoms with Crippen LogP contribution in [0.25, 0.3) is 6.08 Å². The molecular formula is C14H16N2O3. The van der Waals surface area contributed by atoms with Crippen molar-refractivity contribution in [3.63, 3.8) is 0 Å². The molecule has 0 aliphatic heterocycles. The molecule has 0 saturated carbocycles. The number of ether oxygens (including phenoxy) is 2. The Bertz CT molecular complexity index is 530. The largest absolute Gasteiger partial charge is 0.493 e. The quantitative estimate of drug-likeness (QED) is 0.646. The molecule has 0 unspecified atom stereocenters. The number of hydrogen-bond acceptors (Lipinski definition) is 4. The van der Waals surface area contributed by atoms with E-state index in [4.69, 9.17) is 14.7 Å². The fraction of sp³-hybridized carbons (Fsp3) is 0.286. The number of amides is 1. The summed E-state index contributed by atoms with van der Waals surface area (Å²) < 4.78 is 10.4. The molecule has 1 N–H and O–H groups in total. The Kier molecular flexibility index (Phi) is 5.42. The third-order valence-electron chi connectivity index (χ3n) is 2.44. The van der Waals surface area contributed by atoms with Crippen LogP contribution in [-0.2, 0) is 4.79 Å². The minimum absolute atomic E-state index is 0.0217. The van der Waals surface area contributed by atoms with E-state index in [1.165, 1.54) is 20.3 Å². The van der Waals surface area contributed by atoms with Crippen molar-refractivity contribution in [2.45, 2.75) is 6.92 Å². The van der Waals surface area contributed by atoms with Crippen LogP contribution >= 0.6 is 0 Å². The number of carbonyl (C=O) groups is 1. The monoisotopic (exact) mass is 260 g/mol. The molecule has 1 aromatic carbocycles. The van der Waals surface area contributed by atoms with E-state index in [2.05, 4.69) is 5.32 Å². The Morgan fingerprint density at radius 3 is 2.68 bits per heavy atom. The summed E-state index contributed by atoms with van der Waals surface area (Å²) in [5, 5.41) is 11.6. The Balaban J connectivity index is 3.22. The zero-order valence-electron chi connectivity index (χ0n) is 11.2. The van der Waals surface area contributed by atoms with Gasteiger partial charge in [-0.3, -0.25) is 4.79 Å². The Labute approximate surface area is 112 Å². The first-order valence-electron chi connectivity index (χ1n) is 5.78. The van der Waals surface area contributed by atoms with Crippen molar-refractivity contribution in [3.05, 3.63) is 29.3 Å². The minimum atomic E-state index is -0.408. The van der Waals surface area contributed by atoms with Gasteiger partial charge in [0.25, 0.3) is 5.91 Å². The number of hydrogen-bond donors (Lipinski definition) is 1. The molecule has 1 amide bonds. The normalized spacial score (nSPS) is 10.5. The molecule has 0 saturated heterocycles. The zero-order valence-corrected chi connectivity index (χ0v) is 11.2. The molecule has 0 fully saturated rings. The van der Waals surface area contributed by atoms with E-state index in [9.17, 15) is 4.79 Å². The molecule has 0 aliphatic rings. The molecule has 1 aromatic rings. The van der Waals surface area contributed by atoms with Gasteiger partial charge in [0.15, 0.2) is 11.5 Å². The highest BCUT2D eigenvalue weighted by Crippen LogP contribution is 2.32. The summed E-state index contributed by atoms with van der Waals surface area (Å²) >= 11 is 0. The summed E-state index contributed by atoms with van der Waals surface area (Å²) in [6.45, 7) is 2.26. The number of nitrogens with zero attached hydrogens (tertiary/aromatic N) is 1. The van der Waals surface area contributed by atoms with Crippen molar-refractivity contribution in [1.82, 2.24) is 5.32 Å². The van der Waals surface area contributed by atoms with E-state index in [1.807, 2.05) is 6.07 Å². The van der Waals surface area contributed by atoms with Gasteiger partial charge in [0.05, 0.1) is 14.2 Å². The van der Waals surface area contributed by atoms with Crippen LogP contribution in [0.3, 0.4) is 0 Å². The third kappa shape index (κ3) is 3.49. The molecule has 19 heavy (non-hydrogen) atoms. The van der Waals surface area contributed by atoms with Gasteiger partial charge in [-0.05, 0) is 19.1 Å². The lowest BCUT2D eigenvalue weighted by Gasteiger charge is -2.10. The van der Waals surface area contributed by atoms with Crippen LogP contribution in [0, 0.1) is 11.3 Å². The van der Waals surface area contributed by atoms with Crippen molar-refractivity contribution in [3.8, 4) is 17.6 Å². The predicted molar refractivity (Wildman–Crippen MR) is 71.8 cm³/mol. The second-order valence-corrected chi connectivity index (χ2v) is 3.61. The fourth-order valence-corrected chi connectivity index (χ4v) is 1.59. The number of nitriles is 1. The van der Waals surface area contributed by atoms with Gasteiger partial charge in [-0.1, -0.05) is 12.1 Å². The topological polar surface area (TPSA) is 71.4 Å². The van der Waals surface area contributed by atoms with Gasteiger partial charge in [0.2, 0.25) is 0 Å². The van der Waals surface area contributed by atoms with Crippen LogP contribution < -0.4 is 14.8 Å². The summed E-state index contributed by atoms with van der Waals surface area (Å²) in [6, 6.07) is 7.13. The van der Waals surface area contributed by atoms with Gasteiger partial charge in [0.1, 0.15) is 11.6 Å². The molecule has 0 heterocycles. The molecule has 1 rings (SSSR count). The SMILES string of the molecule is CCNC(=O)/C(C#N)=C/c1cccc(OC)c1OC. The summed E-state index contributed by atoms with van der Waals surface area (Å²) in [6.07, 6.45) is 1.48. The predicted octanol–water partition coefficient (Wildman–Crippen LogP) is 1.75. The maximum Gasteiger partial charge on any atom is 0.261 e. The van der Waals surface area contributed by atoms with E-state index in [0.29, 0.717) is 23.6 Å². The van der Waals surface area contributed by atoms with Gasteiger partial charge >= 0.3 is 0 Å². The van der Waals surface area contributed by atoms with Crippen molar-refractivity contribution >= 4 is 12.0 Å². The zero-order chi connectivity index (χ0) is 14.3. The highest BCUT2D eigenvalue weighted by atomic mass is 16.5. The van der Waals surface area contributed by atoms with Gasteiger partial charge in [-0.15, -0.1) is 0 Å². The molecule has 0 aromatic heterocycles. The Hall–Kier alpha value is -2.48. The van der Waals surface area contributed by atoms with Gasteiger partial charge in [-0.25, -0.2) is 0 Å². The van der Waals surface area contributed by atoms with Gasteiger partial charge < -0.3 is 14.8 Å². The van der Waals surface area contributed by atoms with Crippen LogP contribution in [0.2, 0.25) is 0 Å². The molecule has 0 atom stereocenters. The van der Waals surface area contributed by atoms with Crippen LogP contribution in [0.5, 0.6) is 11.5 Å². The van der Waals surface area contributed by atoms with E-state index in [1.54, 1.807) is 25.1 Å². The standard InChI is InChI=1S/C14H16N2O3/c1-4-16-14(17)11(9-15)8-10-6-5-7-12(18-2)13(10)19-3/h5-8H,4H2,1-3H3,(H,16,17)/b11-8+. The number of methoxy groups -OCH3 is 2. The molecular weight excluding hydrogens is 244 g/mol. The number of rotatable bonds is 5. The maximum atomic E-state index is 11.7. The Morgan fingerprint density at radius 2 is 2.16 bits per heavy atom. The number of carbonyl (C=O) groups excluding carboxylic acids is 1. The second-order valence-electron chi connectivity index (χ2n) is 3.61. The number of benzene rings is 1. The van der Waals surface area contributed by atoms with E-state index >= 15 is 0 Å². The van der Waals surface area contributed by atoms with Crippen LogP contribution in [-0.4, -0.2) is 26.7 Å². The smallest absolute Gasteiger partial charge is 0.261 e. The summed E-state index contributed by atoms with van der Waals surface area (Å²) in [5.41, 5.74) is 0.637. The highest BCUT2D eigenvalue weighted by Gasteiger charge is 2.12. The first-order valence-corrected chi connectivity index (χ1v) is 5.78. The molecule has 5 heteroatoms. The minimum Gasteiger partial charge on any atom is -0.493 e. The summed E-state index contributed by atoms with van der Waals surface area (Å²) in [7, 11) is 3.04. The van der Waals surface area contributed by atoms with E-state index in [0.717, 1.165) is 0 Å². The molecule has 5 nitrogen and oxygen atoms in total. The van der Waals surface area contributed by atoms with Crippen LogP contribution in [0.1, 0.15) is 12.5 Å². The van der Waals surface area contributed by atoms with Crippen molar-refractivity contribution in [2.24, 2.45) is 0 Å². The third-order valence-corrected chi connectivity index (χ3v) is 2.44. The van der Waals surface area contributed by atoms with E-state index in [-0.39, 0.29) is 5.57 Å². The van der Waals surface area contributed by atoms with Crippen molar-refractivity contribution in [1.29, 1.82) is 5.26 Å². The van der Waals surface area contributed by atoms with Crippen molar-refractivity contribution in [2.75, 3.05) is 20.8 Å². The lowest BCUT2D eigenvalue weighted by Crippen LogP contribution is -2.23. The molecule has 0 bridgehead atoms. The van der Waals surface area contributed by atoms with E-state index < -0.39 is 5.91 Å². The summed E-state index contributed by atoms with van der Waals surface area (Å²) in [5.74, 6) is 0.626. The Morgan fingerprint density at radius 1 is 1.42 bits per heavy atom. The average Bonchev–Trinajstić information content (AvgIpc) is 2.44. The average molecular weight is 260 g/mol. The van der Waals surface area contributed by atoms with Crippen LogP contribution in [0.15, 0.2) is 23.8 Å². The second kappa shape index (κ2) is 7.07. The molecule has 0 aliphatic carbocycles. The molecule has 100 valence electrons. The fourth-order valence-electron chi connectivity index (χ4n) is 1.59. The number of likely N-dealkylation sites (N-methyl/N-ethyl adjacent to an activating group) is 1.